The molecule has 0 radical (unpaired) electrons. The third-order valence-corrected chi connectivity index (χ3v) is 5.19. The molecule has 6 rings (SSSR count). The fourth-order valence-electron chi connectivity index (χ4n) is 3.75. The molecule has 1 saturated carbocycles. The largest absolute Gasteiger partial charge is 0.443 e. The zero-order chi connectivity index (χ0) is 17.1. The quantitative estimate of drug-likeness (QED) is 0.307. The zero-order valence-electron chi connectivity index (χ0n) is 14.6. The van der Waals surface area contributed by atoms with Gasteiger partial charge in [0.25, 0.3) is 0 Å². The molecule has 0 saturated heterocycles. The van der Waals surface area contributed by atoms with Crippen molar-refractivity contribution in [2.75, 3.05) is 0 Å². The van der Waals surface area contributed by atoms with E-state index in [0.29, 0.717) is 5.89 Å². The Hall–Kier alpha value is -2.10. The Morgan fingerprint density at radius 3 is 2.96 bits per heavy atom. The van der Waals surface area contributed by atoms with Crippen molar-refractivity contribution < 1.29 is 35.5 Å². The molecule has 0 spiro atoms. The first kappa shape index (κ1) is 17.0. The van der Waals surface area contributed by atoms with Crippen molar-refractivity contribution in [2.45, 2.75) is 25.8 Å². The number of benzene rings is 1. The van der Waals surface area contributed by atoms with E-state index < -0.39 is 0 Å². The number of nitrogens with zero attached hydrogens (tertiary/aromatic N) is 5. The summed E-state index contributed by atoms with van der Waals surface area (Å²) in [6, 6.07) is 9.21. The van der Waals surface area contributed by atoms with Crippen LogP contribution in [0.15, 0.2) is 47.6 Å². The Labute approximate surface area is 180 Å². The van der Waals surface area contributed by atoms with Crippen LogP contribution in [0, 0.1) is 43.1 Å². The monoisotopic (exact) mass is 580 g/mol. The summed E-state index contributed by atoms with van der Waals surface area (Å²) in [5.41, 5.74) is 6.27. The zero-order valence-corrected chi connectivity index (χ0v) is 18.8. The third-order valence-electron chi connectivity index (χ3n) is 5.19. The smallest absolute Gasteiger partial charge is 0.246 e. The standard InChI is InChI=1S/C20H16N5O.U/c1-2-4-16-15(3-1)18-14(11-24(23-18)10-13-5-6-13)9-17-19(22-12-25(16)17)20-21-7-8-26-20;/h2-4,7-8,11-13H,5-6,9-10H2;/q-1;. The van der Waals surface area contributed by atoms with Gasteiger partial charge in [-0.25, -0.2) is 9.97 Å². The van der Waals surface area contributed by atoms with Gasteiger partial charge >= 0.3 is 0 Å². The molecule has 0 N–H and O–H groups in total. The van der Waals surface area contributed by atoms with Gasteiger partial charge in [0.1, 0.15) is 12.0 Å². The van der Waals surface area contributed by atoms with Crippen LogP contribution in [-0.4, -0.2) is 24.3 Å². The SMILES string of the molecule is [U].[c-]1ccc2c(c1)-c1nn(CC3CC3)cc1Cc1c(-c3ncco3)ncn1-2. The maximum absolute atomic E-state index is 5.51. The number of fused-ring (bicyclic) bond motifs is 5. The second-order valence-corrected chi connectivity index (χ2v) is 7.04. The van der Waals surface area contributed by atoms with Crippen molar-refractivity contribution in [3.63, 3.8) is 0 Å². The third kappa shape index (κ3) is 2.81. The van der Waals surface area contributed by atoms with Crippen molar-refractivity contribution >= 4 is 0 Å². The summed E-state index contributed by atoms with van der Waals surface area (Å²) in [6.07, 6.45) is 10.6. The second kappa shape index (κ2) is 6.50. The van der Waals surface area contributed by atoms with E-state index in [2.05, 4.69) is 37.5 Å². The molecule has 1 aliphatic heterocycles. The van der Waals surface area contributed by atoms with E-state index in [-0.39, 0.29) is 31.1 Å². The number of imidazole rings is 1. The molecule has 0 atom stereocenters. The summed E-state index contributed by atoms with van der Waals surface area (Å²) in [5, 5.41) is 4.91. The van der Waals surface area contributed by atoms with Crippen LogP contribution in [0.1, 0.15) is 24.1 Å². The van der Waals surface area contributed by atoms with Gasteiger partial charge in [-0.3, -0.25) is 4.68 Å². The fraction of sp³-hybridized carbons (Fsp3) is 0.250. The molecule has 7 heteroatoms. The van der Waals surface area contributed by atoms with Gasteiger partial charge < -0.3 is 8.98 Å². The number of hydrogen-bond donors (Lipinski definition) is 0. The minimum absolute atomic E-state index is 0. The van der Waals surface area contributed by atoms with E-state index in [1.165, 1.54) is 18.4 Å². The minimum Gasteiger partial charge on any atom is -0.443 e. The average molecular weight is 580 g/mol. The molecule has 6 nitrogen and oxygen atoms in total. The molecular formula is C20H16N5OU-. The molecule has 1 aliphatic carbocycles. The summed E-state index contributed by atoms with van der Waals surface area (Å²) in [5.74, 6) is 1.34. The number of oxazole rings is 1. The van der Waals surface area contributed by atoms with Crippen LogP contribution in [0.2, 0.25) is 0 Å². The van der Waals surface area contributed by atoms with E-state index in [9.17, 15) is 0 Å². The van der Waals surface area contributed by atoms with Crippen molar-refractivity contribution in [3.8, 4) is 28.5 Å². The first-order valence-corrected chi connectivity index (χ1v) is 8.90. The molecule has 2 aliphatic rings. The van der Waals surface area contributed by atoms with Gasteiger partial charge in [-0.1, -0.05) is 11.3 Å². The van der Waals surface area contributed by atoms with Crippen LogP contribution >= 0.6 is 0 Å². The van der Waals surface area contributed by atoms with Gasteiger partial charge in [0.05, 0.1) is 18.2 Å². The van der Waals surface area contributed by atoms with E-state index in [0.717, 1.165) is 47.2 Å². The molecule has 0 unspecified atom stereocenters. The molecular weight excluding hydrogens is 564 g/mol. The second-order valence-electron chi connectivity index (χ2n) is 7.04. The summed E-state index contributed by atoms with van der Waals surface area (Å²) < 4.78 is 9.74. The predicted octanol–water partition coefficient (Wildman–Crippen LogP) is 3.51. The van der Waals surface area contributed by atoms with Crippen LogP contribution in [0.4, 0.5) is 0 Å². The number of aromatic nitrogens is 5. The fourth-order valence-corrected chi connectivity index (χ4v) is 3.75. The minimum atomic E-state index is 0. The predicted molar refractivity (Wildman–Crippen MR) is 94.6 cm³/mol. The van der Waals surface area contributed by atoms with Crippen molar-refractivity contribution in [2.24, 2.45) is 5.92 Å². The summed E-state index contributed by atoms with van der Waals surface area (Å²) in [7, 11) is 0. The molecule has 4 aromatic rings. The van der Waals surface area contributed by atoms with Crippen LogP contribution in [0.25, 0.3) is 28.5 Å². The van der Waals surface area contributed by atoms with Crippen molar-refractivity contribution in [1.82, 2.24) is 24.3 Å². The van der Waals surface area contributed by atoms with E-state index in [1.54, 1.807) is 12.5 Å². The van der Waals surface area contributed by atoms with Crippen LogP contribution in [-0.2, 0) is 13.0 Å². The maximum atomic E-state index is 5.51. The average Bonchev–Trinajstić information content (AvgIpc) is 3.07. The Kier molecular flexibility index (Phi) is 4.10. The van der Waals surface area contributed by atoms with Gasteiger partial charge in [-0.05, 0) is 24.3 Å². The summed E-state index contributed by atoms with van der Waals surface area (Å²) in [6.45, 7) is 1.00. The van der Waals surface area contributed by atoms with E-state index >= 15 is 0 Å². The Balaban J connectivity index is 0.00000160. The first-order valence-electron chi connectivity index (χ1n) is 8.90. The maximum Gasteiger partial charge on any atom is 0.246 e. The first-order chi connectivity index (χ1) is 12.9. The number of hydrogen-bond acceptors (Lipinski definition) is 4. The normalized spacial score (nSPS) is 14.7. The molecule has 0 bridgehead atoms. The molecule has 132 valence electrons. The molecule has 3 aromatic heterocycles. The van der Waals surface area contributed by atoms with Gasteiger partial charge in [0, 0.05) is 56.0 Å². The molecule has 1 fully saturated rings. The summed E-state index contributed by atoms with van der Waals surface area (Å²) in [4.78, 5) is 8.88. The van der Waals surface area contributed by atoms with Crippen LogP contribution in [0.3, 0.4) is 0 Å². The molecule has 0 amide bonds. The molecule has 1 aromatic carbocycles. The van der Waals surface area contributed by atoms with Gasteiger partial charge in [-0.2, -0.15) is 23.3 Å². The van der Waals surface area contributed by atoms with Gasteiger partial charge in [0.15, 0.2) is 0 Å². The topological polar surface area (TPSA) is 61.7 Å². The van der Waals surface area contributed by atoms with E-state index in [1.807, 2.05) is 18.5 Å². The Morgan fingerprint density at radius 2 is 2.15 bits per heavy atom. The Bertz CT molecular complexity index is 1110. The van der Waals surface area contributed by atoms with Crippen molar-refractivity contribution in [1.29, 1.82) is 0 Å². The number of rotatable bonds is 3. The summed E-state index contributed by atoms with van der Waals surface area (Å²) >= 11 is 0. The van der Waals surface area contributed by atoms with Crippen LogP contribution < -0.4 is 0 Å². The van der Waals surface area contributed by atoms with Gasteiger partial charge in [-0.15, -0.1) is 6.07 Å². The van der Waals surface area contributed by atoms with Crippen LogP contribution in [0.5, 0.6) is 0 Å². The Morgan fingerprint density at radius 1 is 1.22 bits per heavy atom. The molecule has 27 heavy (non-hydrogen) atoms. The van der Waals surface area contributed by atoms with Gasteiger partial charge in [0.2, 0.25) is 5.89 Å². The van der Waals surface area contributed by atoms with Crippen molar-refractivity contribution in [3.05, 3.63) is 60.5 Å². The van der Waals surface area contributed by atoms with E-state index in [4.69, 9.17) is 9.52 Å². The molecule has 4 heterocycles.